The van der Waals surface area contributed by atoms with Gasteiger partial charge in [-0.2, -0.15) is 0 Å². The highest BCUT2D eigenvalue weighted by Gasteiger charge is 2.50. The van der Waals surface area contributed by atoms with E-state index in [1.165, 1.54) is 0 Å². The van der Waals surface area contributed by atoms with Crippen molar-refractivity contribution in [1.29, 1.82) is 0 Å². The van der Waals surface area contributed by atoms with Crippen LogP contribution in [0.4, 0.5) is 13.6 Å². The van der Waals surface area contributed by atoms with Gasteiger partial charge in [0.05, 0.1) is 13.2 Å². The fraction of sp³-hybridized carbons (Fsp3) is 0.800. The Labute approximate surface area is 128 Å². The van der Waals surface area contributed by atoms with Gasteiger partial charge in [0.25, 0.3) is 5.92 Å². The monoisotopic (exact) mass is 316 g/mol. The topological polar surface area (TPSA) is 53.0 Å². The van der Waals surface area contributed by atoms with E-state index in [0.717, 1.165) is 29.7 Å². The first-order valence-corrected chi connectivity index (χ1v) is 7.69. The second kappa shape index (κ2) is 5.45. The molecule has 3 aliphatic heterocycles. The largest absolute Gasteiger partial charge is 0.448 e. The van der Waals surface area contributed by atoms with Crippen molar-refractivity contribution in [1.82, 2.24) is 9.80 Å². The maximum atomic E-state index is 13.1. The summed E-state index contributed by atoms with van der Waals surface area (Å²) in [6.07, 6.45) is 1.47. The summed E-state index contributed by atoms with van der Waals surface area (Å²) in [7, 11) is 0. The molecule has 3 rings (SSSR count). The Hall–Kier alpha value is -1.21. The number of aliphatic hydroxyl groups is 1. The summed E-state index contributed by atoms with van der Waals surface area (Å²) in [5.74, 6) is -2.80. The van der Waals surface area contributed by atoms with Crippen LogP contribution in [-0.4, -0.2) is 71.4 Å². The molecule has 124 valence electrons. The molecule has 0 aliphatic carbocycles. The van der Waals surface area contributed by atoms with Crippen LogP contribution in [0.3, 0.4) is 0 Å². The van der Waals surface area contributed by atoms with E-state index in [1.54, 1.807) is 0 Å². The van der Waals surface area contributed by atoms with Crippen molar-refractivity contribution in [2.24, 2.45) is 0 Å². The average Bonchev–Trinajstić information content (AvgIpc) is 3.08. The Balaban J connectivity index is 1.54. The minimum absolute atomic E-state index is 0.0264. The molecule has 0 saturated carbocycles. The Morgan fingerprint density at radius 3 is 2.86 bits per heavy atom. The highest BCUT2D eigenvalue weighted by Crippen LogP contribution is 2.43. The normalized spacial score (nSPS) is 34.2. The molecule has 5 nitrogen and oxygen atoms in total. The quantitative estimate of drug-likeness (QED) is 0.804. The third-order valence-electron chi connectivity index (χ3n) is 5.09. The number of fused-ring (bicyclic) bond motifs is 1. The highest BCUT2D eigenvalue weighted by molar-refractivity contribution is 5.68. The molecule has 0 bridgehead atoms. The van der Waals surface area contributed by atoms with Gasteiger partial charge < -0.3 is 14.7 Å². The Morgan fingerprint density at radius 2 is 2.23 bits per heavy atom. The van der Waals surface area contributed by atoms with Crippen molar-refractivity contribution in [2.75, 3.05) is 32.8 Å². The van der Waals surface area contributed by atoms with E-state index in [-0.39, 0.29) is 37.8 Å². The van der Waals surface area contributed by atoms with Crippen LogP contribution in [0, 0.1) is 0 Å². The summed E-state index contributed by atoms with van der Waals surface area (Å²) in [4.78, 5) is 15.1. The van der Waals surface area contributed by atoms with E-state index in [2.05, 4.69) is 11.5 Å². The molecule has 3 fully saturated rings. The van der Waals surface area contributed by atoms with Crippen molar-refractivity contribution in [3.8, 4) is 0 Å². The zero-order chi connectivity index (χ0) is 16.0. The van der Waals surface area contributed by atoms with E-state index in [9.17, 15) is 18.7 Å². The molecule has 3 saturated heterocycles. The van der Waals surface area contributed by atoms with Crippen molar-refractivity contribution >= 4 is 6.09 Å². The number of likely N-dealkylation sites (tertiary alicyclic amines) is 1. The second-order valence-corrected chi connectivity index (χ2v) is 6.73. The van der Waals surface area contributed by atoms with Gasteiger partial charge in [-0.15, -0.1) is 0 Å². The van der Waals surface area contributed by atoms with Gasteiger partial charge in [0.1, 0.15) is 6.61 Å². The van der Waals surface area contributed by atoms with Crippen LogP contribution in [0.5, 0.6) is 0 Å². The fourth-order valence-corrected chi connectivity index (χ4v) is 3.92. The maximum absolute atomic E-state index is 13.1. The van der Waals surface area contributed by atoms with Gasteiger partial charge >= 0.3 is 6.09 Å². The van der Waals surface area contributed by atoms with E-state index < -0.39 is 18.6 Å². The lowest BCUT2D eigenvalue weighted by atomic mass is 9.94. The molecule has 2 atom stereocenters. The number of carbonyl (C=O) groups excluding carboxylic acids is 1. The molecule has 3 heterocycles. The lowest BCUT2D eigenvalue weighted by Gasteiger charge is -2.32. The summed E-state index contributed by atoms with van der Waals surface area (Å²) >= 11 is 0. The minimum Gasteiger partial charge on any atom is -0.448 e. The zero-order valence-electron chi connectivity index (χ0n) is 12.6. The smallest absolute Gasteiger partial charge is 0.410 e. The molecule has 7 heteroatoms. The minimum atomic E-state index is -2.80. The number of aliphatic hydroxyl groups excluding tert-OH is 1. The lowest BCUT2D eigenvalue weighted by molar-refractivity contribution is 0.00742. The van der Waals surface area contributed by atoms with Gasteiger partial charge in [0.15, 0.2) is 0 Å². The van der Waals surface area contributed by atoms with Crippen LogP contribution in [0.2, 0.25) is 0 Å². The third-order valence-corrected chi connectivity index (χ3v) is 5.09. The number of nitrogens with zero attached hydrogens (tertiary/aromatic N) is 2. The first kappa shape index (κ1) is 15.7. The van der Waals surface area contributed by atoms with Gasteiger partial charge in [0, 0.05) is 31.1 Å². The zero-order valence-corrected chi connectivity index (χ0v) is 12.6. The molecule has 1 N–H and O–H groups in total. The highest BCUT2D eigenvalue weighted by atomic mass is 19.3. The van der Waals surface area contributed by atoms with Gasteiger partial charge in [-0.25, -0.2) is 13.6 Å². The molecule has 22 heavy (non-hydrogen) atoms. The molecule has 0 spiro atoms. The summed E-state index contributed by atoms with van der Waals surface area (Å²) in [6, 6.07) is 0.0264. The number of carbonyl (C=O) groups is 1. The number of rotatable bonds is 3. The number of amides is 1. The standard InChI is InChI=1S/C15H22F2N2O3/c1-11-6-14(10-20)3-2-12(19(14)7-11)8-22-13(21)18-5-4-15(16,17)9-18/h12,20H,1-10H2/t12-,14-/m0/s1. The maximum Gasteiger partial charge on any atom is 0.410 e. The van der Waals surface area contributed by atoms with E-state index >= 15 is 0 Å². The summed E-state index contributed by atoms with van der Waals surface area (Å²) in [6.45, 7) is 4.41. The number of halogens is 2. The number of hydrogen-bond acceptors (Lipinski definition) is 4. The molecule has 0 aromatic carbocycles. The van der Waals surface area contributed by atoms with E-state index in [4.69, 9.17) is 4.74 Å². The van der Waals surface area contributed by atoms with Gasteiger partial charge in [-0.3, -0.25) is 4.90 Å². The molecule has 1 amide bonds. The average molecular weight is 316 g/mol. The van der Waals surface area contributed by atoms with Crippen LogP contribution in [-0.2, 0) is 4.74 Å². The summed E-state index contributed by atoms with van der Waals surface area (Å²) < 4.78 is 31.5. The van der Waals surface area contributed by atoms with Crippen LogP contribution in [0.25, 0.3) is 0 Å². The predicted octanol–water partition coefficient (Wildman–Crippen LogP) is 1.62. The van der Waals surface area contributed by atoms with Crippen molar-refractivity contribution in [3.05, 3.63) is 12.2 Å². The molecular weight excluding hydrogens is 294 g/mol. The second-order valence-electron chi connectivity index (χ2n) is 6.73. The van der Waals surface area contributed by atoms with Crippen LogP contribution in [0.15, 0.2) is 12.2 Å². The van der Waals surface area contributed by atoms with Crippen molar-refractivity contribution in [2.45, 2.75) is 43.2 Å². The summed E-state index contributed by atoms with van der Waals surface area (Å²) in [5, 5.41) is 9.69. The molecular formula is C15H22F2N2O3. The van der Waals surface area contributed by atoms with E-state index in [0.29, 0.717) is 6.54 Å². The lowest BCUT2D eigenvalue weighted by Crippen LogP contribution is -2.47. The molecule has 0 aromatic rings. The third kappa shape index (κ3) is 2.72. The SMILES string of the molecule is C=C1CN2[C@H](COC(=O)N3CCC(F)(F)C3)CC[C@@]2(CO)C1. The van der Waals surface area contributed by atoms with Gasteiger partial charge in [0.2, 0.25) is 0 Å². The van der Waals surface area contributed by atoms with E-state index in [1.807, 2.05) is 0 Å². The fourth-order valence-electron chi connectivity index (χ4n) is 3.92. The number of alkyl halides is 2. The first-order valence-electron chi connectivity index (χ1n) is 7.69. The Kier molecular flexibility index (Phi) is 3.89. The number of hydrogen-bond donors (Lipinski definition) is 1. The van der Waals surface area contributed by atoms with Crippen LogP contribution >= 0.6 is 0 Å². The first-order chi connectivity index (χ1) is 10.4. The van der Waals surface area contributed by atoms with Crippen LogP contribution in [0.1, 0.15) is 25.7 Å². The Morgan fingerprint density at radius 1 is 1.45 bits per heavy atom. The van der Waals surface area contributed by atoms with Crippen molar-refractivity contribution in [3.63, 3.8) is 0 Å². The molecule has 3 aliphatic rings. The van der Waals surface area contributed by atoms with Crippen LogP contribution < -0.4 is 0 Å². The van der Waals surface area contributed by atoms with Gasteiger partial charge in [-0.1, -0.05) is 12.2 Å². The molecule has 0 unspecified atom stereocenters. The van der Waals surface area contributed by atoms with Gasteiger partial charge in [-0.05, 0) is 19.3 Å². The summed E-state index contributed by atoms with van der Waals surface area (Å²) in [5.41, 5.74) is 0.804. The molecule has 0 aromatic heterocycles. The van der Waals surface area contributed by atoms with Crippen molar-refractivity contribution < 1.29 is 23.4 Å². The number of ether oxygens (including phenoxy) is 1. The molecule has 0 radical (unpaired) electrons. The predicted molar refractivity (Wildman–Crippen MR) is 75.8 cm³/mol. The Bertz CT molecular complexity index is 485.